The molecule has 1 aliphatic rings. The van der Waals surface area contributed by atoms with Crippen molar-refractivity contribution in [2.24, 2.45) is 5.10 Å². The number of nitrogens with zero attached hydrogens (tertiary/aromatic N) is 1. The normalized spacial score (nSPS) is 14.0. The number of ether oxygens (including phenoxy) is 1. The molecule has 3 N–H and O–H groups in total. The lowest BCUT2D eigenvalue weighted by molar-refractivity contribution is -0.139. The van der Waals surface area contributed by atoms with Gasteiger partial charge < -0.3 is 15.2 Å². The van der Waals surface area contributed by atoms with Gasteiger partial charge in [-0.25, -0.2) is 5.43 Å². The fraction of sp³-hybridized carbons (Fsp3) is 0.308. The first-order valence-electron chi connectivity index (χ1n) is 6.21. The maximum Gasteiger partial charge on any atom is 0.329 e. The Labute approximate surface area is 125 Å². The lowest BCUT2D eigenvalue weighted by Gasteiger charge is -2.06. The Morgan fingerprint density at radius 1 is 1.43 bits per heavy atom. The third-order valence-electron chi connectivity index (χ3n) is 2.77. The third kappa shape index (κ3) is 4.09. The average Bonchev–Trinajstić information content (AvgIpc) is 3.26. The number of carbonyl (C=O) groups is 2. The summed E-state index contributed by atoms with van der Waals surface area (Å²) in [6.07, 6.45) is 3.08. The number of rotatable bonds is 4. The van der Waals surface area contributed by atoms with Gasteiger partial charge >= 0.3 is 11.8 Å². The summed E-state index contributed by atoms with van der Waals surface area (Å²) in [7, 11) is 1.39. The first-order chi connectivity index (χ1) is 10.0. The summed E-state index contributed by atoms with van der Waals surface area (Å²) in [4.78, 5) is 22.8. The molecule has 112 valence electrons. The molecule has 0 spiro atoms. The van der Waals surface area contributed by atoms with Crippen LogP contribution in [0.3, 0.4) is 0 Å². The predicted octanol–water partition coefficient (Wildman–Crippen LogP) is 0.783. The van der Waals surface area contributed by atoms with Crippen molar-refractivity contribution in [3.8, 4) is 11.5 Å². The fourth-order valence-electron chi connectivity index (χ4n) is 1.52. The Morgan fingerprint density at radius 2 is 2.14 bits per heavy atom. The molecule has 0 saturated heterocycles. The van der Waals surface area contributed by atoms with E-state index >= 15 is 0 Å². The highest BCUT2D eigenvalue weighted by Crippen LogP contribution is 2.34. The Kier molecular flexibility index (Phi) is 4.64. The molecule has 7 nitrogen and oxygen atoms in total. The van der Waals surface area contributed by atoms with Gasteiger partial charge in [-0.05, 0) is 30.5 Å². The Bertz CT molecular complexity index is 599. The van der Waals surface area contributed by atoms with Gasteiger partial charge in [-0.15, -0.1) is 0 Å². The minimum Gasteiger partial charge on any atom is -0.503 e. The first kappa shape index (κ1) is 15.1. The van der Waals surface area contributed by atoms with Gasteiger partial charge in [-0.3, -0.25) is 9.59 Å². The van der Waals surface area contributed by atoms with Crippen LogP contribution in [0.2, 0.25) is 5.02 Å². The number of benzene rings is 1. The van der Waals surface area contributed by atoms with Gasteiger partial charge in [-0.2, -0.15) is 5.10 Å². The molecule has 2 amide bonds. The molecule has 1 saturated carbocycles. The molecule has 1 aromatic carbocycles. The van der Waals surface area contributed by atoms with Crippen molar-refractivity contribution in [3.63, 3.8) is 0 Å². The number of hydrogen-bond donors (Lipinski definition) is 3. The van der Waals surface area contributed by atoms with Crippen LogP contribution in [0.5, 0.6) is 11.5 Å². The summed E-state index contributed by atoms with van der Waals surface area (Å²) >= 11 is 5.81. The average molecular weight is 312 g/mol. The highest BCUT2D eigenvalue weighted by atomic mass is 35.5. The number of methoxy groups -OCH3 is 1. The van der Waals surface area contributed by atoms with E-state index in [0.29, 0.717) is 5.56 Å². The van der Waals surface area contributed by atoms with Gasteiger partial charge in [0.15, 0.2) is 11.5 Å². The van der Waals surface area contributed by atoms with Crippen molar-refractivity contribution in [1.29, 1.82) is 0 Å². The number of nitrogens with one attached hydrogen (secondary N) is 2. The first-order valence-corrected chi connectivity index (χ1v) is 6.59. The molecule has 1 aromatic rings. The highest BCUT2D eigenvalue weighted by molar-refractivity contribution is 6.35. The fourth-order valence-corrected chi connectivity index (χ4v) is 1.74. The largest absolute Gasteiger partial charge is 0.503 e. The number of phenols is 1. The Hall–Kier alpha value is -2.28. The van der Waals surface area contributed by atoms with E-state index in [1.54, 1.807) is 0 Å². The quantitative estimate of drug-likeness (QED) is 0.434. The van der Waals surface area contributed by atoms with E-state index in [-0.39, 0.29) is 22.6 Å². The van der Waals surface area contributed by atoms with E-state index in [1.165, 1.54) is 25.5 Å². The summed E-state index contributed by atoms with van der Waals surface area (Å²) in [5.74, 6) is -1.54. The zero-order chi connectivity index (χ0) is 15.4. The predicted molar refractivity (Wildman–Crippen MR) is 76.6 cm³/mol. The Balaban J connectivity index is 1.95. The maximum atomic E-state index is 11.4. The molecule has 2 rings (SSSR count). The number of amides is 2. The number of hydrogen-bond acceptors (Lipinski definition) is 5. The van der Waals surface area contributed by atoms with Gasteiger partial charge in [0, 0.05) is 6.04 Å². The standard InChI is InChI=1S/C13H14ClN3O4/c1-21-10-5-7(4-9(14)11(10)18)6-15-17-13(20)12(19)16-8-2-3-8/h4-6,8,18H,2-3H2,1H3,(H,16,19)(H,17,20)/b15-6+. The van der Waals surface area contributed by atoms with E-state index in [2.05, 4.69) is 15.8 Å². The number of carbonyl (C=O) groups excluding carboxylic acids is 2. The summed E-state index contributed by atoms with van der Waals surface area (Å²) in [5.41, 5.74) is 2.61. The van der Waals surface area contributed by atoms with E-state index in [9.17, 15) is 14.7 Å². The van der Waals surface area contributed by atoms with Crippen LogP contribution >= 0.6 is 11.6 Å². The number of hydrazone groups is 1. The number of halogens is 1. The second-order valence-electron chi connectivity index (χ2n) is 4.50. The van der Waals surface area contributed by atoms with Crippen molar-refractivity contribution in [2.45, 2.75) is 18.9 Å². The summed E-state index contributed by atoms with van der Waals surface area (Å²) in [6.45, 7) is 0. The maximum absolute atomic E-state index is 11.4. The van der Waals surface area contributed by atoms with Gasteiger partial charge in [-0.1, -0.05) is 11.6 Å². The van der Waals surface area contributed by atoms with Crippen molar-refractivity contribution in [2.75, 3.05) is 7.11 Å². The van der Waals surface area contributed by atoms with E-state index in [0.717, 1.165) is 12.8 Å². The molecule has 0 atom stereocenters. The molecule has 0 bridgehead atoms. The van der Waals surface area contributed by atoms with Crippen molar-refractivity contribution < 1.29 is 19.4 Å². The van der Waals surface area contributed by atoms with Crippen LogP contribution in [-0.2, 0) is 9.59 Å². The van der Waals surface area contributed by atoms with E-state index in [4.69, 9.17) is 16.3 Å². The molecule has 0 radical (unpaired) electrons. The van der Waals surface area contributed by atoms with Crippen LogP contribution < -0.4 is 15.5 Å². The molecule has 0 aliphatic heterocycles. The van der Waals surface area contributed by atoms with Crippen LogP contribution in [0.4, 0.5) is 0 Å². The summed E-state index contributed by atoms with van der Waals surface area (Å²) < 4.78 is 4.94. The van der Waals surface area contributed by atoms with Crippen LogP contribution in [-0.4, -0.2) is 36.3 Å². The molecule has 1 fully saturated rings. The molecule has 1 aliphatic carbocycles. The third-order valence-corrected chi connectivity index (χ3v) is 3.06. The summed E-state index contributed by atoms with van der Waals surface area (Å²) in [5, 5.41) is 15.9. The van der Waals surface area contributed by atoms with Crippen molar-refractivity contribution >= 4 is 29.6 Å². The highest BCUT2D eigenvalue weighted by Gasteiger charge is 2.26. The Morgan fingerprint density at radius 3 is 2.76 bits per heavy atom. The van der Waals surface area contributed by atoms with Crippen molar-refractivity contribution in [3.05, 3.63) is 22.7 Å². The zero-order valence-corrected chi connectivity index (χ0v) is 12.0. The molecule has 0 heterocycles. The summed E-state index contributed by atoms with van der Waals surface area (Å²) in [6, 6.07) is 3.04. The van der Waals surface area contributed by atoms with Crippen LogP contribution in [0, 0.1) is 0 Å². The minimum absolute atomic E-state index is 0.0913. The number of aromatic hydroxyl groups is 1. The molecular weight excluding hydrogens is 298 g/mol. The second kappa shape index (κ2) is 6.45. The van der Waals surface area contributed by atoms with Gasteiger partial charge in [0.1, 0.15) is 0 Å². The monoisotopic (exact) mass is 311 g/mol. The minimum atomic E-state index is -0.838. The van der Waals surface area contributed by atoms with Gasteiger partial charge in [0.05, 0.1) is 18.3 Å². The lowest BCUT2D eigenvalue weighted by Crippen LogP contribution is -2.38. The molecule has 0 aromatic heterocycles. The van der Waals surface area contributed by atoms with E-state index in [1.807, 2.05) is 0 Å². The zero-order valence-electron chi connectivity index (χ0n) is 11.2. The molecular formula is C13H14ClN3O4. The van der Waals surface area contributed by atoms with Crippen LogP contribution in [0.15, 0.2) is 17.2 Å². The smallest absolute Gasteiger partial charge is 0.329 e. The SMILES string of the molecule is COc1cc(/C=N/NC(=O)C(=O)NC2CC2)cc(Cl)c1O. The van der Waals surface area contributed by atoms with Gasteiger partial charge in [0.2, 0.25) is 0 Å². The topological polar surface area (TPSA) is 100 Å². The number of phenolic OH excluding ortho intramolecular Hbond substituents is 1. The van der Waals surface area contributed by atoms with E-state index < -0.39 is 11.8 Å². The lowest BCUT2D eigenvalue weighted by atomic mass is 10.2. The van der Waals surface area contributed by atoms with Crippen molar-refractivity contribution in [1.82, 2.24) is 10.7 Å². The molecule has 8 heteroatoms. The van der Waals surface area contributed by atoms with Gasteiger partial charge in [0.25, 0.3) is 0 Å². The molecule has 0 unspecified atom stereocenters. The van der Waals surface area contributed by atoms with Crippen LogP contribution in [0.25, 0.3) is 0 Å². The molecule has 21 heavy (non-hydrogen) atoms. The van der Waals surface area contributed by atoms with Crippen LogP contribution in [0.1, 0.15) is 18.4 Å². The second-order valence-corrected chi connectivity index (χ2v) is 4.91.